The van der Waals surface area contributed by atoms with E-state index in [-0.39, 0.29) is 11.6 Å². The molecular formula is C18H35N3O2. The highest BCUT2D eigenvalue weighted by Gasteiger charge is 2.36. The molecule has 1 aliphatic heterocycles. The van der Waals surface area contributed by atoms with Crippen molar-refractivity contribution in [2.45, 2.75) is 89.9 Å². The van der Waals surface area contributed by atoms with Crippen molar-refractivity contribution in [2.75, 3.05) is 19.6 Å². The highest BCUT2D eigenvalue weighted by molar-refractivity contribution is 5.68. The lowest BCUT2D eigenvalue weighted by Crippen LogP contribution is -2.56. The van der Waals surface area contributed by atoms with E-state index < -0.39 is 5.60 Å². The zero-order valence-electron chi connectivity index (χ0n) is 15.6. The topological polar surface area (TPSA) is 53.6 Å². The molecule has 2 fully saturated rings. The molecule has 1 saturated carbocycles. The Balaban J connectivity index is 1.83. The Labute approximate surface area is 141 Å². The minimum Gasteiger partial charge on any atom is -0.444 e. The quantitative estimate of drug-likeness (QED) is 0.756. The van der Waals surface area contributed by atoms with Gasteiger partial charge in [-0.15, -0.1) is 0 Å². The van der Waals surface area contributed by atoms with Crippen LogP contribution in [0.3, 0.4) is 0 Å². The Kier molecular flexibility index (Phi) is 5.95. The Morgan fingerprint density at radius 3 is 2.35 bits per heavy atom. The first-order valence-corrected chi connectivity index (χ1v) is 9.25. The number of ether oxygens (including phenoxy) is 1. The van der Waals surface area contributed by atoms with Crippen LogP contribution in [0.1, 0.15) is 66.7 Å². The highest BCUT2D eigenvalue weighted by Crippen LogP contribution is 2.30. The van der Waals surface area contributed by atoms with Crippen molar-refractivity contribution in [1.82, 2.24) is 15.5 Å². The number of hydrogen-bond donors (Lipinski definition) is 2. The van der Waals surface area contributed by atoms with E-state index in [4.69, 9.17) is 4.74 Å². The van der Waals surface area contributed by atoms with E-state index in [0.717, 1.165) is 32.0 Å². The summed E-state index contributed by atoms with van der Waals surface area (Å²) in [6.07, 6.45) is 5.45. The Bertz CT molecular complexity index is 398. The fourth-order valence-corrected chi connectivity index (χ4v) is 3.31. The van der Waals surface area contributed by atoms with Gasteiger partial charge < -0.3 is 15.4 Å². The number of likely N-dealkylation sites (tertiary alicyclic amines) is 1. The molecule has 2 rings (SSSR count). The monoisotopic (exact) mass is 325 g/mol. The summed E-state index contributed by atoms with van der Waals surface area (Å²) in [4.78, 5) is 14.8. The predicted octanol–water partition coefficient (Wildman–Crippen LogP) is 2.90. The summed E-state index contributed by atoms with van der Waals surface area (Å²) in [7, 11) is 0. The van der Waals surface area contributed by atoms with Gasteiger partial charge in [-0.05, 0) is 52.9 Å². The SMILES string of the molecule is CCC(CC)(CNC1CCN(C2CC2)C1)NC(=O)OC(C)(C)C. The summed E-state index contributed by atoms with van der Waals surface area (Å²) in [5, 5.41) is 6.81. The van der Waals surface area contributed by atoms with Gasteiger partial charge >= 0.3 is 6.09 Å². The number of nitrogens with one attached hydrogen (secondary N) is 2. The molecule has 0 aromatic rings. The number of amides is 1. The largest absolute Gasteiger partial charge is 0.444 e. The van der Waals surface area contributed by atoms with Crippen LogP contribution >= 0.6 is 0 Å². The smallest absolute Gasteiger partial charge is 0.408 e. The minimum atomic E-state index is -0.457. The second-order valence-electron chi connectivity index (χ2n) is 8.21. The van der Waals surface area contributed by atoms with E-state index in [1.807, 2.05) is 20.8 Å². The van der Waals surface area contributed by atoms with Gasteiger partial charge in [0.25, 0.3) is 0 Å². The van der Waals surface area contributed by atoms with Crippen molar-refractivity contribution in [3.05, 3.63) is 0 Å². The summed E-state index contributed by atoms with van der Waals surface area (Å²) in [5.41, 5.74) is -0.684. The van der Waals surface area contributed by atoms with Gasteiger partial charge in [-0.3, -0.25) is 4.90 Å². The summed E-state index contributed by atoms with van der Waals surface area (Å²) in [6.45, 7) is 13.1. The molecule has 0 aromatic carbocycles. The number of carbonyl (C=O) groups excluding carboxylic acids is 1. The molecular weight excluding hydrogens is 290 g/mol. The summed E-state index contributed by atoms with van der Waals surface area (Å²) in [5.74, 6) is 0. The predicted molar refractivity (Wildman–Crippen MR) is 93.7 cm³/mol. The van der Waals surface area contributed by atoms with Crippen LogP contribution in [-0.4, -0.2) is 53.9 Å². The fourth-order valence-electron chi connectivity index (χ4n) is 3.31. The van der Waals surface area contributed by atoms with Gasteiger partial charge in [0, 0.05) is 31.7 Å². The third kappa shape index (κ3) is 5.64. The van der Waals surface area contributed by atoms with E-state index in [0.29, 0.717) is 6.04 Å². The highest BCUT2D eigenvalue weighted by atomic mass is 16.6. The molecule has 5 nitrogen and oxygen atoms in total. The van der Waals surface area contributed by atoms with E-state index in [1.54, 1.807) is 0 Å². The maximum absolute atomic E-state index is 12.2. The summed E-state index contributed by atoms with van der Waals surface area (Å²) < 4.78 is 5.44. The van der Waals surface area contributed by atoms with E-state index in [1.165, 1.54) is 25.8 Å². The fraction of sp³-hybridized carbons (Fsp3) is 0.944. The normalized spacial score (nSPS) is 23.1. The lowest BCUT2D eigenvalue weighted by molar-refractivity contribution is 0.0444. The molecule has 0 aromatic heterocycles. The Hall–Kier alpha value is -0.810. The molecule has 0 radical (unpaired) electrons. The first-order valence-electron chi connectivity index (χ1n) is 9.25. The van der Waals surface area contributed by atoms with Crippen LogP contribution in [0.2, 0.25) is 0 Å². The summed E-state index contributed by atoms with van der Waals surface area (Å²) in [6, 6.07) is 1.40. The summed E-state index contributed by atoms with van der Waals surface area (Å²) >= 11 is 0. The third-order valence-corrected chi connectivity index (χ3v) is 5.13. The molecule has 2 aliphatic rings. The van der Waals surface area contributed by atoms with Crippen LogP contribution in [0, 0.1) is 0 Å². The second-order valence-corrected chi connectivity index (χ2v) is 8.21. The zero-order valence-corrected chi connectivity index (χ0v) is 15.6. The van der Waals surface area contributed by atoms with Crippen LogP contribution < -0.4 is 10.6 Å². The number of rotatable bonds is 7. The van der Waals surface area contributed by atoms with Crippen molar-refractivity contribution < 1.29 is 9.53 Å². The molecule has 1 aliphatic carbocycles. The van der Waals surface area contributed by atoms with E-state index in [9.17, 15) is 4.79 Å². The Morgan fingerprint density at radius 2 is 1.83 bits per heavy atom. The van der Waals surface area contributed by atoms with Crippen LogP contribution in [0.4, 0.5) is 4.79 Å². The van der Waals surface area contributed by atoms with Gasteiger partial charge in [0.15, 0.2) is 0 Å². The molecule has 0 bridgehead atoms. The van der Waals surface area contributed by atoms with Crippen molar-refractivity contribution in [3.8, 4) is 0 Å². The lowest BCUT2D eigenvalue weighted by atomic mass is 9.92. The molecule has 23 heavy (non-hydrogen) atoms. The number of nitrogens with zero attached hydrogens (tertiary/aromatic N) is 1. The molecule has 1 saturated heterocycles. The molecule has 134 valence electrons. The van der Waals surface area contributed by atoms with Crippen LogP contribution in [0.15, 0.2) is 0 Å². The number of hydrogen-bond acceptors (Lipinski definition) is 4. The van der Waals surface area contributed by atoms with Crippen molar-refractivity contribution in [2.24, 2.45) is 0 Å². The van der Waals surface area contributed by atoms with Crippen molar-refractivity contribution in [3.63, 3.8) is 0 Å². The van der Waals surface area contributed by atoms with Crippen LogP contribution in [-0.2, 0) is 4.74 Å². The average Bonchev–Trinajstić information content (AvgIpc) is 3.21. The zero-order chi connectivity index (χ0) is 17.1. The van der Waals surface area contributed by atoms with E-state index in [2.05, 4.69) is 29.4 Å². The molecule has 5 heteroatoms. The second kappa shape index (κ2) is 7.39. The van der Waals surface area contributed by atoms with Gasteiger partial charge in [-0.25, -0.2) is 4.79 Å². The van der Waals surface area contributed by atoms with Gasteiger partial charge in [0.05, 0.1) is 5.54 Å². The van der Waals surface area contributed by atoms with Gasteiger partial charge in [-0.2, -0.15) is 0 Å². The maximum atomic E-state index is 12.2. The first-order chi connectivity index (χ1) is 10.8. The minimum absolute atomic E-state index is 0.227. The average molecular weight is 325 g/mol. The van der Waals surface area contributed by atoms with E-state index >= 15 is 0 Å². The van der Waals surface area contributed by atoms with Crippen molar-refractivity contribution >= 4 is 6.09 Å². The van der Waals surface area contributed by atoms with Crippen LogP contribution in [0.25, 0.3) is 0 Å². The van der Waals surface area contributed by atoms with Gasteiger partial charge in [0.2, 0.25) is 0 Å². The number of carbonyl (C=O) groups is 1. The first kappa shape index (κ1) is 18.5. The van der Waals surface area contributed by atoms with Gasteiger partial charge in [-0.1, -0.05) is 13.8 Å². The molecule has 0 spiro atoms. The molecule has 1 unspecified atom stereocenters. The molecule has 1 heterocycles. The third-order valence-electron chi connectivity index (χ3n) is 5.13. The molecule has 1 amide bonds. The maximum Gasteiger partial charge on any atom is 0.408 e. The Morgan fingerprint density at radius 1 is 1.17 bits per heavy atom. The number of alkyl carbamates (subject to hydrolysis) is 1. The van der Waals surface area contributed by atoms with Crippen molar-refractivity contribution in [1.29, 1.82) is 0 Å². The van der Waals surface area contributed by atoms with Gasteiger partial charge in [0.1, 0.15) is 5.60 Å². The lowest BCUT2D eigenvalue weighted by Gasteiger charge is -2.35. The molecule has 2 N–H and O–H groups in total. The standard InChI is InChI=1S/C18H35N3O2/c1-6-18(7-2,20-16(22)23-17(3,4)5)13-19-14-10-11-21(12-14)15-8-9-15/h14-15,19H,6-13H2,1-5H3,(H,20,22). The molecule has 1 atom stereocenters. The van der Waals surface area contributed by atoms with Crippen LogP contribution in [0.5, 0.6) is 0 Å².